The Morgan fingerprint density at radius 1 is 0.902 bits per heavy atom. The monoisotopic (exact) mass is 561 g/mol. The van der Waals surface area contributed by atoms with Gasteiger partial charge in [-0.2, -0.15) is 0 Å². The predicted octanol–water partition coefficient (Wildman–Crippen LogP) is 7.17. The van der Waals surface area contributed by atoms with Crippen LogP contribution in [0, 0.1) is 13.8 Å². The van der Waals surface area contributed by atoms with E-state index >= 15 is 0 Å². The summed E-state index contributed by atoms with van der Waals surface area (Å²) in [7, 11) is 0. The van der Waals surface area contributed by atoms with Crippen molar-refractivity contribution in [3.8, 4) is 5.75 Å². The molecule has 1 aliphatic heterocycles. The molecule has 2 amide bonds. The Labute approximate surface area is 244 Å². The molecule has 1 heterocycles. The summed E-state index contributed by atoms with van der Waals surface area (Å²) in [5.41, 5.74) is 5.77. The standard InChI is InChI=1S/C34H31N3O3S/c1-24-16-17-29(20-25(24)2)35-32(38)23-40-30-15-9-12-27(21-30)22-31-33(39)37(19-18-26-10-5-3-6-11-26)34(41-31)36-28-13-7-4-8-14-28/h3-17,20-22H,18-19,23H2,1-2H3,(H,35,38)/b31-22-,36-34?. The van der Waals surface area contributed by atoms with Gasteiger partial charge in [0.25, 0.3) is 11.8 Å². The van der Waals surface area contributed by atoms with Crippen molar-refractivity contribution in [3.05, 3.63) is 130 Å². The molecule has 6 nitrogen and oxygen atoms in total. The summed E-state index contributed by atoms with van der Waals surface area (Å²) in [5.74, 6) is 0.221. The van der Waals surface area contributed by atoms with Gasteiger partial charge < -0.3 is 10.1 Å². The summed E-state index contributed by atoms with van der Waals surface area (Å²) in [6.07, 6.45) is 2.57. The molecule has 0 bridgehead atoms. The second-order valence-electron chi connectivity index (χ2n) is 9.74. The zero-order chi connectivity index (χ0) is 28.6. The minimum Gasteiger partial charge on any atom is -0.484 e. The molecule has 0 aliphatic carbocycles. The molecule has 0 spiro atoms. The number of nitrogens with one attached hydrogen (secondary N) is 1. The van der Waals surface area contributed by atoms with E-state index < -0.39 is 0 Å². The lowest BCUT2D eigenvalue weighted by atomic mass is 10.1. The molecule has 0 radical (unpaired) electrons. The van der Waals surface area contributed by atoms with E-state index in [2.05, 4.69) is 17.4 Å². The van der Waals surface area contributed by atoms with Gasteiger partial charge in [0.15, 0.2) is 11.8 Å². The zero-order valence-corrected chi connectivity index (χ0v) is 23.9. The molecule has 0 aromatic heterocycles. The van der Waals surface area contributed by atoms with E-state index in [4.69, 9.17) is 9.73 Å². The van der Waals surface area contributed by atoms with Gasteiger partial charge in [0.1, 0.15) is 5.75 Å². The fourth-order valence-electron chi connectivity index (χ4n) is 4.30. The van der Waals surface area contributed by atoms with Crippen LogP contribution in [0.2, 0.25) is 0 Å². The molecule has 1 N–H and O–H groups in total. The van der Waals surface area contributed by atoms with Crippen molar-refractivity contribution in [3.63, 3.8) is 0 Å². The van der Waals surface area contributed by atoms with Crippen LogP contribution in [0.1, 0.15) is 22.3 Å². The summed E-state index contributed by atoms with van der Waals surface area (Å²) in [6, 6.07) is 32.9. The van der Waals surface area contributed by atoms with E-state index in [1.165, 1.54) is 17.3 Å². The average molecular weight is 562 g/mol. The molecule has 1 saturated heterocycles. The first kappa shape index (κ1) is 27.9. The number of benzene rings is 4. The van der Waals surface area contributed by atoms with Gasteiger partial charge in [0, 0.05) is 12.2 Å². The topological polar surface area (TPSA) is 71.0 Å². The summed E-state index contributed by atoms with van der Waals surface area (Å²) >= 11 is 1.36. The summed E-state index contributed by atoms with van der Waals surface area (Å²) < 4.78 is 5.77. The van der Waals surface area contributed by atoms with Crippen molar-refractivity contribution in [2.45, 2.75) is 20.3 Å². The molecule has 1 aliphatic rings. The maximum Gasteiger partial charge on any atom is 0.266 e. The van der Waals surface area contributed by atoms with Crippen molar-refractivity contribution < 1.29 is 14.3 Å². The van der Waals surface area contributed by atoms with Gasteiger partial charge in [-0.1, -0.05) is 66.7 Å². The van der Waals surface area contributed by atoms with E-state index in [0.29, 0.717) is 22.4 Å². The van der Waals surface area contributed by atoms with E-state index in [-0.39, 0.29) is 18.4 Å². The number of amidine groups is 1. The van der Waals surface area contributed by atoms with Crippen LogP contribution in [0.25, 0.3) is 6.08 Å². The quantitative estimate of drug-likeness (QED) is 0.220. The number of ether oxygens (including phenoxy) is 1. The summed E-state index contributed by atoms with van der Waals surface area (Å²) in [5, 5.41) is 3.52. The lowest BCUT2D eigenvalue weighted by molar-refractivity contribution is -0.122. The number of nitrogens with zero attached hydrogens (tertiary/aromatic N) is 2. The molecule has 4 aromatic rings. The fourth-order valence-corrected chi connectivity index (χ4v) is 5.32. The number of hydrogen-bond acceptors (Lipinski definition) is 5. The van der Waals surface area contributed by atoms with Gasteiger partial charge in [0.05, 0.1) is 10.6 Å². The van der Waals surface area contributed by atoms with E-state index in [1.54, 1.807) is 11.0 Å². The van der Waals surface area contributed by atoms with Gasteiger partial charge >= 0.3 is 0 Å². The third-order valence-corrected chi connectivity index (χ3v) is 7.66. The van der Waals surface area contributed by atoms with Crippen LogP contribution in [-0.2, 0) is 16.0 Å². The second kappa shape index (κ2) is 13.2. The number of carbonyl (C=O) groups is 2. The first-order valence-corrected chi connectivity index (χ1v) is 14.3. The smallest absolute Gasteiger partial charge is 0.266 e. The molecule has 41 heavy (non-hydrogen) atoms. The van der Waals surface area contributed by atoms with Crippen LogP contribution in [-0.4, -0.2) is 35.0 Å². The van der Waals surface area contributed by atoms with Crippen molar-refractivity contribution in [1.82, 2.24) is 4.90 Å². The van der Waals surface area contributed by atoms with Gasteiger partial charge in [-0.3, -0.25) is 14.5 Å². The highest BCUT2D eigenvalue weighted by Crippen LogP contribution is 2.34. The second-order valence-corrected chi connectivity index (χ2v) is 10.8. The third-order valence-electron chi connectivity index (χ3n) is 6.65. The molecule has 5 rings (SSSR count). The third kappa shape index (κ3) is 7.52. The normalized spacial score (nSPS) is 15.0. The van der Waals surface area contributed by atoms with Crippen LogP contribution in [0.4, 0.5) is 11.4 Å². The van der Waals surface area contributed by atoms with Crippen molar-refractivity contribution in [1.29, 1.82) is 0 Å². The Morgan fingerprint density at radius 3 is 2.41 bits per heavy atom. The first-order chi connectivity index (χ1) is 19.9. The number of hydrogen-bond donors (Lipinski definition) is 1. The van der Waals surface area contributed by atoms with Gasteiger partial charge in [-0.25, -0.2) is 4.99 Å². The minimum absolute atomic E-state index is 0.0836. The Bertz CT molecular complexity index is 1600. The molecule has 206 valence electrons. The number of aryl methyl sites for hydroxylation is 2. The van der Waals surface area contributed by atoms with Gasteiger partial charge in [-0.15, -0.1) is 0 Å². The molecular formula is C34H31N3O3S. The molecule has 1 fully saturated rings. The number of carbonyl (C=O) groups excluding carboxylic acids is 2. The van der Waals surface area contributed by atoms with Crippen LogP contribution in [0.3, 0.4) is 0 Å². The lowest BCUT2D eigenvalue weighted by Gasteiger charge is -2.15. The Balaban J connectivity index is 1.29. The molecular weight excluding hydrogens is 530 g/mol. The number of thioether (sulfide) groups is 1. The van der Waals surface area contributed by atoms with Crippen LogP contribution in [0.5, 0.6) is 5.75 Å². The first-order valence-electron chi connectivity index (χ1n) is 13.4. The minimum atomic E-state index is -0.241. The van der Waals surface area contributed by atoms with Gasteiger partial charge in [-0.05, 0) is 96.8 Å². The van der Waals surface area contributed by atoms with Crippen LogP contribution < -0.4 is 10.1 Å². The van der Waals surface area contributed by atoms with Crippen molar-refractivity contribution in [2.24, 2.45) is 4.99 Å². The molecule has 7 heteroatoms. The Kier molecular flexibility index (Phi) is 8.96. The Morgan fingerprint density at radius 2 is 1.66 bits per heavy atom. The van der Waals surface area contributed by atoms with E-state index in [1.807, 2.05) is 105 Å². The number of anilines is 1. The highest BCUT2D eigenvalue weighted by atomic mass is 32.2. The highest BCUT2D eigenvalue weighted by Gasteiger charge is 2.33. The van der Waals surface area contributed by atoms with Crippen LogP contribution in [0.15, 0.2) is 113 Å². The lowest BCUT2D eigenvalue weighted by Crippen LogP contribution is -2.31. The maximum atomic E-state index is 13.5. The highest BCUT2D eigenvalue weighted by molar-refractivity contribution is 8.18. The Hall–Kier alpha value is -4.62. The fraction of sp³-hybridized carbons (Fsp3) is 0.147. The van der Waals surface area contributed by atoms with Crippen LogP contribution >= 0.6 is 11.8 Å². The maximum absolute atomic E-state index is 13.5. The molecule has 0 saturated carbocycles. The molecule has 0 atom stereocenters. The van der Waals surface area contributed by atoms with Crippen molar-refractivity contribution in [2.75, 3.05) is 18.5 Å². The zero-order valence-electron chi connectivity index (χ0n) is 23.0. The number of aliphatic imine (C=N–C) groups is 1. The van der Waals surface area contributed by atoms with E-state index in [0.717, 1.165) is 34.5 Å². The largest absolute Gasteiger partial charge is 0.484 e. The molecule has 0 unspecified atom stereocenters. The average Bonchev–Trinajstić information content (AvgIpc) is 3.27. The van der Waals surface area contributed by atoms with Gasteiger partial charge in [0.2, 0.25) is 0 Å². The molecule has 4 aromatic carbocycles. The number of amides is 2. The van der Waals surface area contributed by atoms with Crippen molar-refractivity contribution >= 4 is 46.2 Å². The SMILES string of the molecule is Cc1ccc(NC(=O)COc2cccc(/C=C3\SC(=Nc4ccccc4)N(CCc4ccccc4)C3=O)c2)cc1C. The summed E-state index contributed by atoms with van der Waals surface area (Å²) in [6.45, 7) is 4.44. The summed E-state index contributed by atoms with van der Waals surface area (Å²) in [4.78, 5) is 33.1. The van der Waals surface area contributed by atoms with E-state index in [9.17, 15) is 9.59 Å². The number of para-hydroxylation sites is 1. The predicted molar refractivity (Wildman–Crippen MR) is 167 cm³/mol. The number of rotatable bonds is 9.